The normalized spacial score (nSPS) is 11.7. The molecule has 0 aliphatic rings. The van der Waals surface area contributed by atoms with Crippen molar-refractivity contribution in [2.45, 2.75) is 39.0 Å². The van der Waals surface area contributed by atoms with E-state index in [1.807, 2.05) is 0 Å². The fourth-order valence-electron chi connectivity index (χ4n) is 1.56. The smallest absolute Gasteiger partial charge is 0.188 e. The summed E-state index contributed by atoms with van der Waals surface area (Å²) in [5.74, 6) is 0.582. The van der Waals surface area contributed by atoms with Crippen molar-refractivity contribution in [2.24, 2.45) is 10.7 Å². The lowest BCUT2D eigenvalue weighted by atomic mass is 10.2. The molecule has 17 heavy (non-hydrogen) atoms. The summed E-state index contributed by atoms with van der Waals surface area (Å²) in [6.07, 6.45) is 5.97. The fourth-order valence-corrected chi connectivity index (χ4v) is 2.27. The van der Waals surface area contributed by atoms with Crippen LogP contribution in [0.15, 0.2) is 22.5 Å². The van der Waals surface area contributed by atoms with Gasteiger partial charge in [0.05, 0.1) is 0 Å². The van der Waals surface area contributed by atoms with Crippen molar-refractivity contribution in [1.82, 2.24) is 5.32 Å². The van der Waals surface area contributed by atoms with Crippen LogP contribution in [-0.2, 0) is 6.42 Å². The Morgan fingerprint density at radius 1 is 1.41 bits per heavy atom. The molecule has 4 heteroatoms. The van der Waals surface area contributed by atoms with Crippen molar-refractivity contribution in [3.63, 3.8) is 0 Å². The minimum Gasteiger partial charge on any atom is -0.370 e. The number of rotatable bonds is 8. The highest BCUT2D eigenvalue weighted by Gasteiger charge is 1.94. The molecule has 0 spiro atoms. The highest BCUT2D eigenvalue weighted by Crippen LogP contribution is 2.07. The quantitative estimate of drug-likeness (QED) is 0.425. The summed E-state index contributed by atoms with van der Waals surface area (Å²) in [6, 6.07) is 4.22. The van der Waals surface area contributed by atoms with E-state index >= 15 is 0 Å². The van der Waals surface area contributed by atoms with Gasteiger partial charge in [-0.1, -0.05) is 32.3 Å². The predicted octanol–water partition coefficient (Wildman–Crippen LogP) is 2.78. The third-order valence-electron chi connectivity index (χ3n) is 2.55. The van der Waals surface area contributed by atoms with E-state index in [1.165, 1.54) is 24.1 Å². The first kappa shape index (κ1) is 14.0. The number of guanidine groups is 1. The number of aliphatic imine (C=N–C) groups is 1. The molecule has 0 aliphatic carbocycles. The topological polar surface area (TPSA) is 50.4 Å². The van der Waals surface area contributed by atoms with Gasteiger partial charge in [-0.3, -0.25) is 4.99 Å². The van der Waals surface area contributed by atoms with Gasteiger partial charge in [0.15, 0.2) is 5.96 Å². The number of nitrogens with zero attached hydrogens (tertiary/aromatic N) is 1. The summed E-state index contributed by atoms with van der Waals surface area (Å²) in [5, 5.41) is 5.24. The zero-order valence-corrected chi connectivity index (χ0v) is 11.4. The predicted molar refractivity (Wildman–Crippen MR) is 76.7 cm³/mol. The van der Waals surface area contributed by atoms with Crippen LogP contribution >= 0.6 is 11.3 Å². The van der Waals surface area contributed by atoms with Crippen molar-refractivity contribution < 1.29 is 0 Å². The van der Waals surface area contributed by atoms with Gasteiger partial charge in [-0.25, -0.2) is 0 Å². The molecule has 96 valence electrons. The van der Waals surface area contributed by atoms with Crippen LogP contribution in [0.3, 0.4) is 0 Å². The molecule has 0 amide bonds. The zero-order chi connectivity index (χ0) is 12.3. The lowest BCUT2D eigenvalue weighted by Crippen LogP contribution is -2.33. The first-order chi connectivity index (χ1) is 8.33. The van der Waals surface area contributed by atoms with Crippen molar-refractivity contribution in [1.29, 1.82) is 0 Å². The van der Waals surface area contributed by atoms with Gasteiger partial charge in [-0.15, -0.1) is 11.3 Å². The number of nitrogens with two attached hydrogens (primary N) is 1. The Morgan fingerprint density at radius 2 is 2.29 bits per heavy atom. The maximum Gasteiger partial charge on any atom is 0.188 e. The molecule has 0 fully saturated rings. The van der Waals surface area contributed by atoms with Gasteiger partial charge in [-0.2, -0.15) is 0 Å². The van der Waals surface area contributed by atoms with E-state index in [-0.39, 0.29) is 0 Å². The Hall–Kier alpha value is -1.03. The van der Waals surface area contributed by atoms with E-state index in [9.17, 15) is 0 Å². The summed E-state index contributed by atoms with van der Waals surface area (Å²) in [7, 11) is 0. The monoisotopic (exact) mass is 253 g/mol. The zero-order valence-electron chi connectivity index (χ0n) is 10.6. The van der Waals surface area contributed by atoms with E-state index in [4.69, 9.17) is 5.73 Å². The molecular formula is C13H23N3S. The van der Waals surface area contributed by atoms with Gasteiger partial charge in [0.2, 0.25) is 0 Å². The number of nitrogens with one attached hydrogen (secondary N) is 1. The maximum absolute atomic E-state index is 5.77. The van der Waals surface area contributed by atoms with E-state index in [0.717, 1.165) is 25.9 Å². The van der Waals surface area contributed by atoms with Crippen molar-refractivity contribution >= 4 is 17.3 Å². The first-order valence-corrected chi connectivity index (χ1v) is 7.27. The Labute approximate surface area is 108 Å². The van der Waals surface area contributed by atoms with Crippen LogP contribution in [0.2, 0.25) is 0 Å². The minimum atomic E-state index is 0.582. The molecule has 3 nitrogen and oxygen atoms in total. The van der Waals surface area contributed by atoms with Crippen molar-refractivity contribution in [2.75, 3.05) is 13.1 Å². The van der Waals surface area contributed by atoms with E-state index < -0.39 is 0 Å². The molecule has 0 saturated heterocycles. The molecule has 1 heterocycles. The summed E-state index contributed by atoms with van der Waals surface area (Å²) in [4.78, 5) is 5.68. The number of thiophene rings is 1. The SMILES string of the molecule is CCCCCCN=C(N)NCCc1cccs1. The Kier molecular flexibility index (Phi) is 7.47. The Morgan fingerprint density at radius 3 is 3.00 bits per heavy atom. The second kappa shape index (κ2) is 9.05. The van der Waals surface area contributed by atoms with Crippen LogP contribution < -0.4 is 11.1 Å². The Balaban J connectivity index is 2.03. The summed E-state index contributed by atoms with van der Waals surface area (Å²) < 4.78 is 0. The lowest BCUT2D eigenvalue weighted by molar-refractivity contribution is 0.673. The lowest BCUT2D eigenvalue weighted by Gasteiger charge is -2.04. The standard InChI is InChI=1S/C13H23N3S/c1-2-3-4-5-9-15-13(14)16-10-8-12-7-6-11-17-12/h6-7,11H,2-5,8-10H2,1H3,(H3,14,15,16). The molecule has 1 aromatic heterocycles. The summed E-state index contributed by atoms with van der Waals surface area (Å²) in [5.41, 5.74) is 5.77. The van der Waals surface area contributed by atoms with Gasteiger partial charge in [0, 0.05) is 18.0 Å². The molecule has 0 atom stereocenters. The van der Waals surface area contributed by atoms with Crippen LogP contribution in [0.4, 0.5) is 0 Å². The first-order valence-electron chi connectivity index (χ1n) is 6.39. The highest BCUT2D eigenvalue weighted by atomic mass is 32.1. The van der Waals surface area contributed by atoms with Crippen LogP contribution in [0.5, 0.6) is 0 Å². The molecule has 0 aromatic carbocycles. The van der Waals surface area contributed by atoms with Gasteiger partial charge < -0.3 is 11.1 Å². The number of unbranched alkanes of at least 4 members (excludes halogenated alkanes) is 3. The average molecular weight is 253 g/mol. The number of hydrogen-bond acceptors (Lipinski definition) is 2. The largest absolute Gasteiger partial charge is 0.370 e. The van der Waals surface area contributed by atoms with Gasteiger partial charge in [0.1, 0.15) is 0 Å². The van der Waals surface area contributed by atoms with Crippen LogP contribution in [-0.4, -0.2) is 19.0 Å². The third kappa shape index (κ3) is 7.00. The van der Waals surface area contributed by atoms with E-state index in [2.05, 4.69) is 34.7 Å². The molecule has 0 unspecified atom stereocenters. The fraction of sp³-hybridized carbons (Fsp3) is 0.615. The van der Waals surface area contributed by atoms with Crippen LogP contribution in [0.1, 0.15) is 37.5 Å². The maximum atomic E-state index is 5.77. The highest BCUT2D eigenvalue weighted by molar-refractivity contribution is 7.09. The van der Waals surface area contributed by atoms with Crippen molar-refractivity contribution in [3.8, 4) is 0 Å². The second-order valence-electron chi connectivity index (χ2n) is 4.08. The number of hydrogen-bond donors (Lipinski definition) is 2. The van der Waals surface area contributed by atoms with Gasteiger partial charge in [0.25, 0.3) is 0 Å². The molecule has 0 radical (unpaired) electrons. The van der Waals surface area contributed by atoms with Crippen LogP contribution in [0, 0.1) is 0 Å². The summed E-state index contributed by atoms with van der Waals surface area (Å²) >= 11 is 1.78. The third-order valence-corrected chi connectivity index (χ3v) is 3.49. The molecule has 1 aromatic rings. The van der Waals surface area contributed by atoms with E-state index in [1.54, 1.807) is 11.3 Å². The molecule has 0 saturated carbocycles. The Bertz CT molecular complexity index is 306. The second-order valence-corrected chi connectivity index (χ2v) is 5.12. The minimum absolute atomic E-state index is 0.582. The van der Waals surface area contributed by atoms with Gasteiger partial charge >= 0.3 is 0 Å². The van der Waals surface area contributed by atoms with E-state index in [0.29, 0.717) is 5.96 Å². The molecular weight excluding hydrogens is 230 g/mol. The molecule has 0 aliphatic heterocycles. The molecule has 0 bridgehead atoms. The molecule has 1 rings (SSSR count). The average Bonchev–Trinajstić information content (AvgIpc) is 2.82. The van der Waals surface area contributed by atoms with Crippen molar-refractivity contribution in [3.05, 3.63) is 22.4 Å². The molecule has 3 N–H and O–H groups in total. The van der Waals surface area contributed by atoms with Crippen LogP contribution in [0.25, 0.3) is 0 Å². The summed E-state index contributed by atoms with van der Waals surface area (Å²) in [6.45, 7) is 3.92. The van der Waals surface area contributed by atoms with Gasteiger partial charge in [-0.05, 0) is 24.3 Å².